The molecule has 0 spiro atoms. The van der Waals surface area contributed by atoms with Crippen molar-refractivity contribution in [3.8, 4) is 0 Å². The van der Waals surface area contributed by atoms with Crippen molar-refractivity contribution in [2.24, 2.45) is 0 Å². The SMILES string of the molecule is COC(=O)CCCC=C(c1cc(Cl)c(C)c(C(=O)OC)c1)c1cc(Cl)c(C)c(C(=O)OC)c1.CSC(=O)c1cc(C(=CCCCC(C)=O)c2cc(Cl)c(C)c(C(=O)SC)c2)cc(Cl)c1C.CSC(CCCC=C(c1cc(Cl)c(C)c(C(SC)(SC)SC)c1)c1cc(Cl)c(C)c(C(SC)(SC)SC)c1)(SC)SC.CS[Si](C)(C)C.[Cl][Al]([Cl])[Cl]. The minimum Gasteiger partial charge on any atom is -0.469 e. The van der Waals surface area contributed by atoms with Crippen LogP contribution in [0.5, 0.6) is 0 Å². The van der Waals surface area contributed by atoms with E-state index < -0.39 is 30.5 Å². The molecule has 0 atom stereocenters. The van der Waals surface area contributed by atoms with Crippen LogP contribution in [0.25, 0.3) is 16.7 Å². The molecule has 117 heavy (non-hydrogen) atoms. The predicted octanol–water partition coefficient (Wildman–Crippen LogP) is 31.0. The summed E-state index contributed by atoms with van der Waals surface area (Å²) in [6.07, 6.45) is 38.3. The Morgan fingerprint density at radius 1 is 0.385 bits per heavy atom. The molecule has 6 aromatic rings. The maximum absolute atomic E-state index is 12.5. The minimum absolute atomic E-state index is 0.0673. The molecule has 6 rings (SSSR count). The molecule has 0 heterocycles. The number of unbranched alkanes of at least 4 members (excludes halogenated alkanes) is 3. The Kier molecular flexibility index (Phi) is 53.9. The van der Waals surface area contributed by atoms with Crippen LogP contribution in [0.2, 0.25) is 49.8 Å². The van der Waals surface area contributed by atoms with E-state index in [0.29, 0.717) is 102 Å². The van der Waals surface area contributed by atoms with E-state index in [9.17, 15) is 28.8 Å². The van der Waals surface area contributed by atoms with Gasteiger partial charge in [0.15, 0.2) is 0 Å². The summed E-state index contributed by atoms with van der Waals surface area (Å²) in [7, 11) is 18.1. The number of Topliss-reactive ketones (excluding diaryl/α,β-unsaturated/α-hetero) is 1. The maximum atomic E-state index is 12.5. The number of ketones is 1. The molecule has 644 valence electrons. The number of thioether (sulfide) groups is 11. The Labute approximate surface area is 796 Å². The molecule has 0 amide bonds. The molecule has 0 aromatic heterocycles. The van der Waals surface area contributed by atoms with E-state index >= 15 is 0 Å². The van der Waals surface area contributed by atoms with E-state index in [1.165, 1.54) is 38.0 Å². The number of hydrogen-bond acceptors (Lipinski definition) is 21. The van der Waals surface area contributed by atoms with Crippen molar-refractivity contribution in [2.45, 2.75) is 136 Å². The summed E-state index contributed by atoms with van der Waals surface area (Å²) in [6.45, 7) is 20.0. The lowest BCUT2D eigenvalue weighted by Crippen LogP contribution is -2.15. The minimum atomic E-state index is -1.72. The number of esters is 3. The van der Waals surface area contributed by atoms with E-state index in [2.05, 4.69) is 126 Å². The van der Waals surface area contributed by atoms with Crippen LogP contribution < -0.4 is 0 Å². The highest BCUT2D eigenvalue weighted by Gasteiger charge is 2.36. The summed E-state index contributed by atoms with van der Waals surface area (Å²) in [5.74, 6) is -1.20. The van der Waals surface area contributed by atoms with E-state index in [1.807, 2.05) is 167 Å². The Bertz CT molecular complexity index is 4220. The molecule has 32 heteroatoms. The van der Waals surface area contributed by atoms with Gasteiger partial charge in [0.1, 0.15) is 23.2 Å². The van der Waals surface area contributed by atoms with Crippen molar-refractivity contribution in [3.63, 3.8) is 0 Å². The van der Waals surface area contributed by atoms with Gasteiger partial charge in [0.2, 0.25) is 10.2 Å². The van der Waals surface area contributed by atoms with Crippen LogP contribution in [-0.4, -0.2) is 152 Å². The highest BCUT2D eigenvalue weighted by Crippen LogP contribution is 2.57. The lowest BCUT2D eigenvalue weighted by molar-refractivity contribution is -0.140. The molecule has 6 aromatic carbocycles. The summed E-state index contributed by atoms with van der Waals surface area (Å²) in [6, 6.07) is 23.2. The average Bonchev–Trinajstić information content (AvgIpc) is 0.792. The van der Waals surface area contributed by atoms with Gasteiger partial charge in [0, 0.05) is 54.1 Å². The Balaban J connectivity index is 0.000000566. The van der Waals surface area contributed by atoms with Crippen molar-refractivity contribution in [1.82, 2.24) is 0 Å². The Morgan fingerprint density at radius 2 is 0.641 bits per heavy atom. The van der Waals surface area contributed by atoms with Gasteiger partial charge in [-0.25, -0.2) is 39.7 Å². The first-order chi connectivity index (χ1) is 55.0. The number of carbonyl (C=O) groups excluding carboxylic acids is 6. The molecule has 0 saturated carbocycles. The van der Waals surface area contributed by atoms with E-state index in [1.54, 1.807) is 57.5 Å². The molecule has 0 unspecified atom stereocenters. The number of halogens is 9. The van der Waals surface area contributed by atoms with Crippen molar-refractivity contribution in [2.75, 3.05) is 96.4 Å². The van der Waals surface area contributed by atoms with E-state index in [-0.39, 0.29) is 38.6 Å². The third-order valence-corrected chi connectivity index (χ3v) is 43.1. The van der Waals surface area contributed by atoms with Crippen molar-refractivity contribution >= 4 is 310 Å². The lowest BCUT2D eigenvalue weighted by Gasteiger charge is -2.32. The fourth-order valence-electron chi connectivity index (χ4n) is 11.6. The second-order valence-corrected chi connectivity index (χ2v) is 58.5. The van der Waals surface area contributed by atoms with E-state index in [4.69, 9.17) is 114 Å². The molecule has 9 nitrogen and oxygen atoms in total. The van der Waals surface area contributed by atoms with Crippen LogP contribution in [-0.2, 0) is 30.6 Å². The third-order valence-electron chi connectivity index (χ3n) is 18.6. The quantitative estimate of drug-likeness (QED) is 0.0125. The Morgan fingerprint density at radius 3 is 0.889 bits per heavy atom. The van der Waals surface area contributed by atoms with Gasteiger partial charge in [-0.1, -0.05) is 131 Å². The normalized spacial score (nSPS) is 11.2. The number of benzene rings is 6. The molecule has 0 saturated heterocycles. The second kappa shape index (κ2) is 56.0. The van der Waals surface area contributed by atoms with Crippen LogP contribution in [0.1, 0.15) is 184 Å². The zero-order valence-electron chi connectivity index (χ0n) is 71.1. The van der Waals surface area contributed by atoms with Crippen molar-refractivity contribution in [1.29, 1.82) is 0 Å². The zero-order chi connectivity index (χ0) is 89.2. The first-order valence-corrected chi connectivity index (χ1v) is 62.7. The summed E-state index contributed by atoms with van der Waals surface area (Å²) in [5.41, 5.74) is 17.1. The van der Waals surface area contributed by atoms with Gasteiger partial charge in [-0.05, 0) is 336 Å². The summed E-state index contributed by atoms with van der Waals surface area (Å²) in [4.78, 5) is 72.5. The molecular weight excluding hydrogens is 1920 g/mol. The molecule has 0 aliphatic carbocycles. The third kappa shape index (κ3) is 33.9. The predicted molar refractivity (Wildman–Crippen MR) is 549 cm³/mol. The summed E-state index contributed by atoms with van der Waals surface area (Å²) in [5, 5.41) is 3.25. The summed E-state index contributed by atoms with van der Waals surface area (Å²) >= 11 is 59.6. The van der Waals surface area contributed by atoms with E-state index in [0.717, 1.165) is 103 Å². The first-order valence-electron chi connectivity index (χ1n) is 36.3. The van der Waals surface area contributed by atoms with Gasteiger partial charge in [0.05, 0.1) is 32.5 Å². The van der Waals surface area contributed by atoms with Crippen LogP contribution in [0, 0.1) is 41.5 Å². The number of ether oxygens (including phenoxy) is 3. The van der Waals surface area contributed by atoms with Gasteiger partial charge in [-0.15, -0.1) is 106 Å². The number of hydrogen-bond donors (Lipinski definition) is 0. The maximum Gasteiger partial charge on any atom is 0.643 e. The second-order valence-electron chi connectivity index (χ2n) is 26.8. The fourth-order valence-corrected chi connectivity index (χ4v) is 23.4. The van der Waals surface area contributed by atoms with Crippen LogP contribution in [0.4, 0.5) is 0 Å². The molecule has 0 fully saturated rings. The standard InChI is InChI=1S/C31H44Cl2S9.C25H26Cl2O6.C25H26Cl2O3S2.C4H12SSi.Al.3ClH/c1-20-25(30(37-6,38-7)39-8)16-22(18-27(20)32)24(14-12-13-15-29(34-3,35-4)36-5)23-17-26(21(2)28(33)19-23)31(40-9,41-10)42-11;1-14-19(24(29)32-4)10-16(12-21(14)26)18(8-6-7-9-23(28)31-3)17-11-20(25(30)33-5)15(2)22(27)13-17;1-14(28)8-6-7-9-19(17-10-20(24(29)31-4)15(2)22(26)12-17)18-11-21(25(30)32-5)16(3)23(27)13-18;1-5-6(2,3)4;;;;/h14,16-19H,12-13,15H2,1-11H3;8,10-13H,6-7,9H2,1-5H3;9-13H,6-8H2,1-5H3;1-4H3;;3*1H/q;;;;+3;;;/p-3. The Hall–Kier alpha value is -0.481. The number of allylic oxidation sites excluding steroid dienone is 3. The van der Waals surface area contributed by atoms with Gasteiger partial charge < -0.3 is 19.0 Å². The highest BCUT2D eigenvalue weighted by molar-refractivity contribution is 8.33. The molecule has 0 bridgehead atoms. The smallest absolute Gasteiger partial charge is 0.469 e. The first kappa shape index (κ1) is 113. The van der Waals surface area contributed by atoms with Crippen molar-refractivity contribution in [3.05, 3.63) is 221 Å². The molecule has 0 N–H and O–H groups in total. The molecule has 0 radical (unpaired) electrons. The molecule has 0 aliphatic rings. The van der Waals surface area contributed by atoms with Crippen LogP contribution >= 0.6 is 240 Å². The highest BCUT2D eigenvalue weighted by atomic mass is 35.8. The monoisotopic (exact) mass is 2030 g/mol. The topological polar surface area (TPSA) is 130 Å². The summed E-state index contributed by atoms with van der Waals surface area (Å²) < 4.78 is 14.4. The molecule has 0 aliphatic heterocycles. The largest absolute Gasteiger partial charge is 0.643 e. The van der Waals surface area contributed by atoms with Gasteiger partial charge >= 0.3 is 29.3 Å². The number of methoxy groups -OCH3 is 3. The van der Waals surface area contributed by atoms with Gasteiger partial charge in [-0.3, -0.25) is 14.4 Å². The lowest BCUT2D eigenvalue weighted by atomic mass is 9.91. The average molecular weight is 2030 g/mol. The van der Waals surface area contributed by atoms with Crippen molar-refractivity contribution < 1.29 is 43.0 Å². The zero-order valence-corrected chi connectivity index (χ0v) is 89.8. The number of carbonyl (C=O) groups is 6. The fraction of sp³-hybridized carbons (Fsp3) is 0.435. The number of rotatable bonds is 34. The van der Waals surface area contributed by atoms with Crippen LogP contribution in [0.3, 0.4) is 0 Å². The van der Waals surface area contributed by atoms with Gasteiger partial charge in [0.25, 0.3) is 0 Å². The van der Waals surface area contributed by atoms with Gasteiger partial charge in [-0.2, -0.15) is 11.2 Å². The molecular formula is C85H108AlCl9O9S12Si. The van der Waals surface area contributed by atoms with Crippen LogP contribution in [0.15, 0.2) is 91.0 Å².